The molecule has 6 heteroatoms. The summed E-state index contributed by atoms with van der Waals surface area (Å²) in [7, 11) is 1.63. The molecule has 5 nitrogen and oxygen atoms in total. The van der Waals surface area contributed by atoms with E-state index in [-0.39, 0.29) is 11.9 Å². The first kappa shape index (κ1) is 22.9. The lowest BCUT2D eigenvalue weighted by Crippen LogP contribution is -2.35. The van der Waals surface area contributed by atoms with E-state index in [0.29, 0.717) is 18.2 Å². The van der Waals surface area contributed by atoms with Crippen LogP contribution in [0.4, 0.5) is 15.8 Å². The molecule has 2 heterocycles. The number of rotatable bonds is 6. The highest BCUT2D eigenvalue weighted by molar-refractivity contribution is 5.76. The van der Waals surface area contributed by atoms with Crippen LogP contribution in [-0.2, 0) is 0 Å². The smallest absolute Gasteiger partial charge is 0.213 e. The molecule has 1 saturated heterocycles. The van der Waals surface area contributed by atoms with Crippen molar-refractivity contribution < 1.29 is 13.9 Å². The Balaban J connectivity index is 1.63. The van der Waals surface area contributed by atoms with Gasteiger partial charge in [0.15, 0.2) is 0 Å². The number of nitrogens with zero attached hydrogens (tertiary/aromatic N) is 3. The van der Waals surface area contributed by atoms with Crippen molar-refractivity contribution in [1.29, 1.82) is 0 Å². The molecular formula is C27H32FN3O2. The van der Waals surface area contributed by atoms with Crippen LogP contribution < -0.4 is 19.3 Å². The monoisotopic (exact) mass is 449 g/mol. The largest absolute Gasteiger partial charge is 0.494 e. The number of benzene rings is 2. The third-order valence-electron chi connectivity index (χ3n) is 6.21. The Kier molecular flexibility index (Phi) is 7.02. The normalized spacial score (nSPS) is 16.5. The first-order valence-electron chi connectivity index (χ1n) is 11.6. The highest BCUT2D eigenvalue weighted by Gasteiger charge is 2.25. The van der Waals surface area contributed by atoms with Gasteiger partial charge in [-0.3, -0.25) is 0 Å². The summed E-state index contributed by atoms with van der Waals surface area (Å²) < 4.78 is 25.7. The molecule has 1 atom stereocenters. The number of anilines is 2. The van der Waals surface area contributed by atoms with E-state index in [0.717, 1.165) is 54.3 Å². The van der Waals surface area contributed by atoms with E-state index in [4.69, 9.17) is 14.5 Å². The molecule has 33 heavy (non-hydrogen) atoms. The predicted molar refractivity (Wildman–Crippen MR) is 132 cm³/mol. The summed E-state index contributed by atoms with van der Waals surface area (Å²) in [5.74, 6) is 1.26. The zero-order valence-electron chi connectivity index (χ0n) is 19.8. The summed E-state index contributed by atoms with van der Waals surface area (Å²) in [5.41, 5.74) is 4.55. The van der Waals surface area contributed by atoms with E-state index in [1.807, 2.05) is 56.3 Å². The number of pyridine rings is 1. The summed E-state index contributed by atoms with van der Waals surface area (Å²) in [6, 6.07) is 17.7. The summed E-state index contributed by atoms with van der Waals surface area (Å²) in [5, 5.41) is 0. The molecule has 1 aliphatic rings. The van der Waals surface area contributed by atoms with Crippen LogP contribution in [0, 0.1) is 12.7 Å². The minimum absolute atomic E-state index is 0.156. The Bertz CT molecular complexity index is 1090. The van der Waals surface area contributed by atoms with Crippen LogP contribution in [0.1, 0.15) is 25.8 Å². The highest BCUT2D eigenvalue weighted by Crippen LogP contribution is 2.34. The van der Waals surface area contributed by atoms with Gasteiger partial charge in [-0.15, -0.1) is 0 Å². The zero-order valence-corrected chi connectivity index (χ0v) is 19.8. The third-order valence-corrected chi connectivity index (χ3v) is 6.21. The highest BCUT2D eigenvalue weighted by atomic mass is 19.1. The average molecular weight is 450 g/mol. The van der Waals surface area contributed by atoms with Gasteiger partial charge in [-0.1, -0.05) is 6.07 Å². The predicted octanol–water partition coefficient (Wildman–Crippen LogP) is 5.71. The van der Waals surface area contributed by atoms with Gasteiger partial charge in [-0.2, -0.15) is 0 Å². The second kappa shape index (κ2) is 10.1. The quantitative estimate of drug-likeness (QED) is 0.482. The van der Waals surface area contributed by atoms with Crippen LogP contribution in [-0.4, -0.2) is 44.4 Å². The second-order valence-electron chi connectivity index (χ2n) is 8.45. The van der Waals surface area contributed by atoms with Crippen LogP contribution in [0.2, 0.25) is 0 Å². The van der Waals surface area contributed by atoms with Crippen molar-refractivity contribution in [3.63, 3.8) is 0 Å². The number of aromatic nitrogens is 1. The molecule has 0 bridgehead atoms. The van der Waals surface area contributed by atoms with Crippen molar-refractivity contribution in [2.45, 2.75) is 33.2 Å². The van der Waals surface area contributed by atoms with Crippen molar-refractivity contribution in [2.75, 3.05) is 43.2 Å². The van der Waals surface area contributed by atoms with E-state index >= 15 is 0 Å². The van der Waals surface area contributed by atoms with Crippen LogP contribution >= 0.6 is 0 Å². The van der Waals surface area contributed by atoms with Gasteiger partial charge in [0.2, 0.25) is 5.88 Å². The molecule has 0 spiro atoms. The van der Waals surface area contributed by atoms with E-state index in [2.05, 4.69) is 22.8 Å². The lowest BCUT2D eigenvalue weighted by molar-refractivity contribution is 0.340. The molecule has 4 rings (SSSR count). The number of hydrogen-bond donors (Lipinski definition) is 0. The molecule has 0 aliphatic carbocycles. The third kappa shape index (κ3) is 5.05. The number of aryl methyl sites for hydroxylation is 1. The van der Waals surface area contributed by atoms with Gasteiger partial charge in [-0.05, 0) is 75.2 Å². The summed E-state index contributed by atoms with van der Waals surface area (Å²) in [6.45, 7) is 9.06. The molecule has 0 saturated carbocycles. The summed E-state index contributed by atoms with van der Waals surface area (Å²) in [6.07, 6.45) is 0.919. The van der Waals surface area contributed by atoms with Gasteiger partial charge in [0.05, 0.1) is 30.8 Å². The lowest BCUT2D eigenvalue weighted by Gasteiger charge is -2.29. The van der Waals surface area contributed by atoms with E-state index < -0.39 is 0 Å². The summed E-state index contributed by atoms with van der Waals surface area (Å²) >= 11 is 0. The Morgan fingerprint density at radius 3 is 2.45 bits per heavy atom. The molecule has 174 valence electrons. The molecule has 3 aromatic rings. The van der Waals surface area contributed by atoms with Crippen molar-refractivity contribution in [1.82, 2.24) is 4.98 Å². The fourth-order valence-electron chi connectivity index (χ4n) is 4.39. The minimum atomic E-state index is -0.156. The van der Waals surface area contributed by atoms with Crippen molar-refractivity contribution in [3.05, 3.63) is 66.0 Å². The van der Waals surface area contributed by atoms with Gasteiger partial charge < -0.3 is 19.3 Å². The second-order valence-corrected chi connectivity index (χ2v) is 8.45. The fourth-order valence-corrected chi connectivity index (χ4v) is 4.39. The zero-order chi connectivity index (χ0) is 23.4. The molecule has 0 N–H and O–H groups in total. The maximum absolute atomic E-state index is 14.7. The molecule has 2 aromatic carbocycles. The summed E-state index contributed by atoms with van der Waals surface area (Å²) in [4.78, 5) is 9.32. The molecule has 1 unspecified atom stereocenters. The lowest BCUT2D eigenvalue weighted by atomic mass is 10.1. The number of halogens is 1. The standard InChI is InChI=1S/C27H32FN3O2/c1-5-33-22-9-7-21(8-10-22)27-25(12-13-26(29-27)32-4)30-15-14-20(3)31(17-16-30)24-11-6-19(2)18-23(24)28/h6-13,18,20H,5,14-17H2,1-4H3. The van der Waals surface area contributed by atoms with Crippen molar-refractivity contribution >= 4 is 11.4 Å². The fraction of sp³-hybridized carbons (Fsp3) is 0.370. The molecule has 0 radical (unpaired) electrons. The van der Waals surface area contributed by atoms with Crippen molar-refractivity contribution in [3.8, 4) is 22.9 Å². The van der Waals surface area contributed by atoms with Crippen LogP contribution in [0.3, 0.4) is 0 Å². The number of hydrogen-bond acceptors (Lipinski definition) is 5. The average Bonchev–Trinajstić information content (AvgIpc) is 3.01. The number of methoxy groups -OCH3 is 1. The molecule has 1 aromatic heterocycles. The maximum atomic E-state index is 14.7. The Hall–Kier alpha value is -3.28. The van der Waals surface area contributed by atoms with E-state index in [1.54, 1.807) is 13.2 Å². The maximum Gasteiger partial charge on any atom is 0.213 e. The Labute approximate surface area is 195 Å². The van der Waals surface area contributed by atoms with E-state index in [9.17, 15) is 4.39 Å². The molecule has 0 amide bonds. The Morgan fingerprint density at radius 1 is 1.00 bits per heavy atom. The molecule has 1 aliphatic heterocycles. The SMILES string of the molecule is CCOc1ccc(-c2nc(OC)ccc2N2CCC(C)N(c3ccc(C)cc3F)CC2)cc1. The van der Waals surface area contributed by atoms with Gasteiger partial charge in [0, 0.05) is 37.3 Å². The number of ether oxygens (including phenoxy) is 2. The first-order valence-corrected chi connectivity index (χ1v) is 11.6. The van der Waals surface area contributed by atoms with Crippen molar-refractivity contribution in [2.24, 2.45) is 0 Å². The minimum Gasteiger partial charge on any atom is -0.494 e. The molecular weight excluding hydrogens is 417 g/mol. The van der Waals surface area contributed by atoms with E-state index in [1.165, 1.54) is 0 Å². The first-order chi connectivity index (χ1) is 16.0. The van der Waals surface area contributed by atoms with Crippen LogP contribution in [0.5, 0.6) is 11.6 Å². The van der Waals surface area contributed by atoms with Crippen LogP contribution in [0.15, 0.2) is 54.6 Å². The van der Waals surface area contributed by atoms with Gasteiger partial charge in [-0.25, -0.2) is 9.37 Å². The van der Waals surface area contributed by atoms with Gasteiger partial charge in [0.1, 0.15) is 11.6 Å². The molecule has 1 fully saturated rings. The van der Waals surface area contributed by atoms with Gasteiger partial charge >= 0.3 is 0 Å². The van der Waals surface area contributed by atoms with Crippen LogP contribution in [0.25, 0.3) is 11.3 Å². The van der Waals surface area contributed by atoms with Gasteiger partial charge in [0.25, 0.3) is 0 Å². The Morgan fingerprint density at radius 2 is 1.76 bits per heavy atom. The topological polar surface area (TPSA) is 37.8 Å².